The van der Waals surface area contributed by atoms with Crippen molar-refractivity contribution < 1.29 is 13.2 Å². The lowest BCUT2D eigenvalue weighted by Crippen LogP contribution is -2.12. The Morgan fingerprint density at radius 3 is 2.43 bits per heavy atom. The number of aryl methyl sites for hydroxylation is 2. The van der Waals surface area contributed by atoms with Crippen molar-refractivity contribution in [1.29, 1.82) is 0 Å². The molecule has 0 fully saturated rings. The molecule has 0 aliphatic carbocycles. The molecule has 0 saturated carbocycles. The number of aromatic nitrogens is 1. The first kappa shape index (κ1) is 15.6. The van der Waals surface area contributed by atoms with Gasteiger partial charge in [-0.2, -0.15) is 13.2 Å². The SMILES string of the molecule is Cc1cc(C(C)Nc2cc(C(F)(F)F)cc(N)n2)c(C)s1. The number of hydrogen-bond donors (Lipinski definition) is 2. The molecule has 0 spiro atoms. The fourth-order valence-electron chi connectivity index (χ4n) is 2.17. The molecule has 3 nitrogen and oxygen atoms in total. The van der Waals surface area contributed by atoms with Gasteiger partial charge in [-0.05, 0) is 44.5 Å². The first-order valence-corrected chi connectivity index (χ1v) is 7.16. The van der Waals surface area contributed by atoms with Crippen LogP contribution in [0.25, 0.3) is 0 Å². The summed E-state index contributed by atoms with van der Waals surface area (Å²) < 4.78 is 38.3. The lowest BCUT2D eigenvalue weighted by atomic mass is 10.1. The van der Waals surface area contributed by atoms with Crippen molar-refractivity contribution in [3.63, 3.8) is 0 Å². The van der Waals surface area contributed by atoms with Crippen LogP contribution in [0.5, 0.6) is 0 Å². The zero-order chi connectivity index (χ0) is 15.8. The van der Waals surface area contributed by atoms with Gasteiger partial charge in [0.2, 0.25) is 0 Å². The van der Waals surface area contributed by atoms with Gasteiger partial charge in [0.05, 0.1) is 11.6 Å². The summed E-state index contributed by atoms with van der Waals surface area (Å²) in [5.41, 5.74) is 5.70. The standard InChI is InChI=1S/C14H16F3N3S/c1-7-4-11(9(3)21-7)8(2)19-13-6-10(14(15,16)17)5-12(18)20-13/h4-6,8H,1-3H3,(H3,18,19,20). The predicted molar refractivity (Wildman–Crippen MR) is 79.5 cm³/mol. The number of halogens is 3. The Labute approximate surface area is 125 Å². The molecule has 0 aromatic carbocycles. The number of nitrogens with one attached hydrogen (secondary N) is 1. The van der Waals surface area contributed by atoms with E-state index >= 15 is 0 Å². The van der Waals surface area contributed by atoms with Gasteiger partial charge in [-0.15, -0.1) is 11.3 Å². The van der Waals surface area contributed by atoms with E-state index in [2.05, 4.69) is 10.3 Å². The first-order valence-electron chi connectivity index (χ1n) is 6.35. The summed E-state index contributed by atoms with van der Waals surface area (Å²) in [7, 11) is 0. The predicted octanol–water partition coefficient (Wildman–Crippen LogP) is 4.53. The van der Waals surface area contributed by atoms with Crippen LogP contribution in [0.15, 0.2) is 18.2 Å². The fraction of sp³-hybridized carbons (Fsp3) is 0.357. The molecule has 0 saturated heterocycles. The minimum atomic E-state index is -4.44. The van der Waals surface area contributed by atoms with E-state index in [1.807, 2.05) is 26.8 Å². The second kappa shape index (κ2) is 5.55. The van der Waals surface area contributed by atoms with Crippen molar-refractivity contribution in [2.24, 2.45) is 0 Å². The van der Waals surface area contributed by atoms with Crippen LogP contribution in [0.3, 0.4) is 0 Å². The topological polar surface area (TPSA) is 50.9 Å². The molecule has 7 heteroatoms. The minimum absolute atomic E-state index is 0.123. The van der Waals surface area contributed by atoms with Crippen LogP contribution in [0.2, 0.25) is 0 Å². The van der Waals surface area contributed by atoms with Gasteiger partial charge >= 0.3 is 6.18 Å². The van der Waals surface area contributed by atoms with Crippen molar-refractivity contribution in [1.82, 2.24) is 4.98 Å². The van der Waals surface area contributed by atoms with E-state index < -0.39 is 11.7 Å². The van der Waals surface area contributed by atoms with Crippen LogP contribution in [-0.4, -0.2) is 4.98 Å². The van der Waals surface area contributed by atoms with Crippen LogP contribution in [-0.2, 0) is 6.18 Å². The molecule has 0 aliphatic heterocycles. The maximum atomic E-state index is 12.8. The maximum absolute atomic E-state index is 12.8. The second-order valence-electron chi connectivity index (χ2n) is 4.90. The highest BCUT2D eigenvalue weighted by atomic mass is 32.1. The van der Waals surface area contributed by atoms with Gasteiger partial charge in [0.1, 0.15) is 11.6 Å². The molecule has 1 atom stereocenters. The van der Waals surface area contributed by atoms with Gasteiger partial charge in [-0.25, -0.2) is 4.98 Å². The largest absolute Gasteiger partial charge is 0.416 e. The lowest BCUT2D eigenvalue weighted by molar-refractivity contribution is -0.137. The Kier molecular flexibility index (Phi) is 4.13. The monoisotopic (exact) mass is 315 g/mol. The Balaban J connectivity index is 2.27. The summed E-state index contributed by atoms with van der Waals surface area (Å²) in [6.07, 6.45) is -4.44. The van der Waals surface area contributed by atoms with Crippen LogP contribution in [0.1, 0.15) is 33.8 Å². The highest BCUT2D eigenvalue weighted by Crippen LogP contribution is 2.33. The molecular weight excluding hydrogens is 299 g/mol. The van der Waals surface area contributed by atoms with Gasteiger partial charge in [0, 0.05) is 9.75 Å². The van der Waals surface area contributed by atoms with E-state index in [-0.39, 0.29) is 17.7 Å². The van der Waals surface area contributed by atoms with Crippen LogP contribution < -0.4 is 11.1 Å². The summed E-state index contributed by atoms with van der Waals surface area (Å²) in [5, 5.41) is 2.98. The van der Waals surface area contributed by atoms with E-state index in [0.29, 0.717) is 0 Å². The summed E-state index contributed by atoms with van der Waals surface area (Å²) >= 11 is 1.65. The quantitative estimate of drug-likeness (QED) is 0.874. The molecule has 2 aromatic heterocycles. The molecule has 0 amide bonds. The Morgan fingerprint density at radius 1 is 1.24 bits per heavy atom. The van der Waals surface area contributed by atoms with E-state index in [9.17, 15) is 13.2 Å². The molecule has 21 heavy (non-hydrogen) atoms. The number of pyridine rings is 1. The Morgan fingerprint density at radius 2 is 1.90 bits per heavy atom. The van der Waals surface area contributed by atoms with E-state index in [4.69, 9.17) is 5.73 Å². The van der Waals surface area contributed by atoms with Crippen molar-refractivity contribution in [3.05, 3.63) is 39.1 Å². The highest BCUT2D eigenvalue weighted by molar-refractivity contribution is 7.12. The number of alkyl halides is 3. The molecule has 0 bridgehead atoms. The first-order chi connectivity index (χ1) is 9.66. The van der Waals surface area contributed by atoms with Crippen molar-refractivity contribution in [2.75, 3.05) is 11.1 Å². The maximum Gasteiger partial charge on any atom is 0.416 e. The Hall–Kier alpha value is -1.76. The highest BCUT2D eigenvalue weighted by Gasteiger charge is 2.31. The number of anilines is 2. The molecule has 3 N–H and O–H groups in total. The average Bonchev–Trinajstić information content (AvgIpc) is 2.66. The summed E-state index contributed by atoms with van der Waals surface area (Å²) in [6, 6.07) is 3.68. The van der Waals surface area contributed by atoms with Crippen LogP contribution >= 0.6 is 11.3 Å². The Bertz CT molecular complexity index is 649. The van der Waals surface area contributed by atoms with Crippen LogP contribution in [0, 0.1) is 13.8 Å². The van der Waals surface area contributed by atoms with Crippen molar-refractivity contribution in [3.8, 4) is 0 Å². The number of nitrogens with zero attached hydrogens (tertiary/aromatic N) is 1. The summed E-state index contributed by atoms with van der Waals surface area (Å²) in [5.74, 6) is -0.0316. The van der Waals surface area contributed by atoms with Gasteiger partial charge in [-0.1, -0.05) is 0 Å². The summed E-state index contributed by atoms with van der Waals surface area (Å²) in [6.45, 7) is 5.86. The third-order valence-electron chi connectivity index (χ3n) is 3.08. The molecule has 2 heterocycles. The zero-order valence-electron chi connectivity index (χ0n) is 11.9. The summed E-state index contributed by atoms with van der Waals surface area (Å²) in [4.78, 5) is 6.21. The average molecular weight is 315 g/mol. The number of nitrogens with two attached hydrogens (primary N) is 1. The third kappa shape index (κ3) is 3.66. The number of nitrogen functional groups attached to an aromatic ring is 1. The molecule has 0 aliphatic rings. The van der Waals surface area contributed by atoms with Gasteiger partial charge < -0.3 is 11.1 Å². The van der Waals surface area contributed by atoms with E-state index in [0.717, 1.165) is 27.5 Å². The number of rotatable bonds is 3. The van der Waals surface area contributed by atoms with Gasteiger partial charge in [0.15, 0.2) is 0 Å². The van der Waals surface area contributed by atoms with Gasteiger partial charge in [-0.3, -0.25) is 0 Å². The molecular formula is C14H16F3N3S. The zero-order valence-corrected chi connectivity index (χ0v) is 12.7. The molecule has 2 aromatic rings. The van der Waals surface area contributed by atoms with Crippen molar-refractivity contribution >= 4 is 23.0 Å². The molecule has 0 radical (unpaired) electrons. The lowest BCUT2D eigenvalue weighted by Gasteiger charge is -2.16. The fourth-order valence-corrected chi connectivity index (χ4v) is 3.19. The molecule has 114 valence electrons. The minimum Gasteiger partial charge on any atom is -0.384 e. The smallest absolute Gasteiger partial charge is 0.384 e. The van der Waals surface area contributed by atoms with Crippen molar-refractivity contribution in [2.45, 2.75) is 33.0 Å². The second-order valence-corrected chi connectivity index (χ2v) is 6.36. The van der Waals surface area contributed by atoms with E-state index in [1.54, 1.807) is 11.3 Å². The number of hydrogen-bond acceptors (Lipinski definition) is 4. The van der Waals surface area contributed by atoms with Crippen LogP contribution in [0.4, 0.5) is 24.8 Å². The normalized spacial score (nSPS) is 13.2. The van der Waals surface area contributed by atoms with Gasteiger partial charge in [0.25, 0.3) is 0 Å². The molecule has 2 rings (SSSR count). The number of thiophene rings is 1. The molecule has 1 unspecified atom stereocenters. The third-order valence-corrected chi connectivity index (χ3v) is 4.06. The van der Waals surface area contributed by atoms with E-state index in [1.165, 1.54) is 0 Å².